The predicted molar refractivity (Wildman–Crippen MR) is 47.9 cm³/mol. The van der Waals surface area contributed by atoms with Crippen molar-refractivity contribution in [1.29, 1.82) is 0 Å². The number of halogens is 3. The predicted octanol–water partition coefficient (Wildman–Crippen LogP) is 3.48. The minimum Gasteiger partial charge on any atom is -0.223 e. The average molecular weight is 198 g/mol. The fraction of sp³-hybridized carbons (Fsp3) is 0.167. The van der Waals surface area contributed by atoms with Crippen molar-refractivity contribution in [3.8, 4) is 0 Å². The van der Waals surface area contributed by atoms with Crippen LogP contribution in [-0.2, 0) is 0 Å². The third-order valence-corrected chi connectivity index (χ3v) is 1.54. The molecule has 0 aliphatic rings. The average Bonchev–Trinajstić information content (AvgIpc) is 1.85. The molecule has 0 aromatic heterocycles. The molecule has 0 aromatic rings. The first-order chi connectivity index (χ1) is 4.57. The van der Waals surface area contributed by atoms with Crippen molar-refractivity contribution < 1.29 is 0 Å². The van der Waals surface area contributed by atoms with E-state index in [2.05, 4.69) is 11.6 Å². The smallest absolute Gasteiger partial charge is 0.149 e. The maximum atomic E-state index is 5.56. The van der Waals surface area contributed by atoms with Crippen LogP contribution in [0.25, 0.3) is 0 Å². The molecule has 0 fully saturated rings. The summed E-state index contributed by atoms with van der Waals surface area (Å²) in [5, 5.41) is 0.637. The second-order valence-electron chi connectivity index (χ2n) is 1.42. The molecule has 0 spiro atoms. The lowest BCUT2D eigenvalue weighted by atomic mass is 10.5. The number of allylic oxidation sites excluding steroid dienone is 2. The van der Waals surface area contributed by atoms with E-state index in [0.717, 1.165) is 0 Å². The van der Waals surface area contributed by atoms with Gasteiger partial charge in [0.1, 0.15) is 10.3 Å². The Hall–Kier alpha value is 0.0200. The molecule has 0 aliphatic heterocycles. The van der Waals surface area contributed by atoms with Crippen LogP contribution in [0.1, 0.15) is 6.92 Å². The van der Waals surface area contributed by atoms with Crippen molar-refractivity contribution in [2.24, 2.45) is 4.99 Å². The van der Waals surface area contributed by atoms with Gasteiger partial charge in [-0.1, -0.05) is 47.5 Å². The van der Waals surface area contributed by atoms with Crippen LogP contribution >= 0.6 is 34.8 Å². The van der Waals surface area contributed by atoms with Gasteiger partial charge in [0.25, 0.3) is 0 Å². The minimum absolute atomic E-state index is 0.116. The second-order valence-corrected chi connectivity index (χ2v) is 2.62. The van der Waals surface area contributed by atoms with Crippen molar-refractivity contribution in [3.05, 3.63) is 22.8 Å². The van der Waals surface area contributed by atoms with Crippen LogP contribution in [-0.4, -0.2) is 5.17 Å². The Kier molecular flexibility index (Phi) is 4.79. The van der Waals surface area contributed by atoms with Gasteiger partial charge in [-0.3, -0.25) is 0 Å². The fourth-order valence-corrected chi connectivity index (χ4v) is 0.660. The summed E-state index contributed by atoms with van der Waals surface area (Å²) in [6.07, 6.45) is 1.62. The molecule has 0 aliphatic carbocycles. The number of rotatable bonds is 2. The maximum Gasteiger partial charge on any atom is 0.149 e. The lowest BCUT2D eigenvalue weighted by Gasteiger charge is -1.91. The van der Waals surface area contributed by atoms with Gasteiger partial charge in [0, 0.05) is 0 Å². The van der Waals surface area contributed by atoms with Crippen molar-refractivity contribution in [1.82, 2.24) is 0 Å². The standard InChI is InChI=1S/C6H6Cl3N/c1-3-5(8)6(9)10-4(2)7/h3H,2H2,1H3/b5-3+,10-6+. The SMILES string of the molecule is C=C(Cl)/N=C(Cl)\C(Cl)=C/C. The van der Waals surface area contributed by atoms with Crippen molar-refractivity contribution in [2.45, 2.75) is 6.92 Å². The summed E-state index contributed by atoms with van der Waals surface area (Å²) >= 11 is 16.4. The lowest BCUT2D eigenvalue weighted by Crippen LogP contribution is -1.84. The number of hydrogen-bond donors (Lipinski definition) is 0. The highest BCUT2D eigenvalue weighted by Crippen LogP contribution is 2.11. The molecule has 0 saturated carbocycles. The third-order valence-electron chi connectivity index (χ3n) is 0.670. The number of aliphatic imine (C=N–C) groups is 1. The van der Waals surface area contributed by atoms with Gasteiger partial charge in [0.15, 0.2) is 0 Å². The molecule has 0 N–H and O–H groups in total. The van der Waals surface area contributed by atoms with E-state index in [0.29, 0.717) is 5.03 Å². The molecule has 0 radical (unpaired) electrons. The maximum absolute atomic E-state index is 5.56. The highest BCUT2D eigenvalue weighted by Gasteiger charge is 1.97. The quantitative estimate of drug-likeness (QED) is 0.476. The van der Waals surface area contributed by atoms with Crippen molar-refractivity contribution in [3.63, 3.8) is 0 Å². The molecule has 0 heterocycles. The molecule has 0 atom stereocenters. The normalized spacial score (nSPS) is 13.6. The van der Waals surface area contributed by atoms with Gasteiger partial charge in [-0.25, -0.2) is 4.99 Å². The lowest BCUT2D eigenvalue weighted by molar-refractivity contribution is 1.55. The zero-order valence-electron chi connectivity index (χ0n) is 5.37. The Labute approximate surface area is 75.0 Å². The summed E-state index contributed by atoms with van der Waals surface area (Å²) in [5.74, 6) is 0. The Balaban J connectivity index is 4.35. The second kappa shape index (κ2) is 4.78. The van der Waals surface area contributed by atoms with Crippen molar-refractivity contribution >= 4 is 40.0 Å². The highest BCUT2D eigenvalue weighted by molar-refractivity contribution is 6.76. The summed E-state index contributed by atoms with van der Waals surface area (Å²) in [4.78, 5) is 3.60. The molecular formula is C6H6Cl3N. The summed E-state index contributed by atoms with van der Waals surface area (Å²) in [6.45, 7) is 5.07. The van der Waals surface area contributed by atoms with Crippen LogP contribution < -0.4 is 0 Å². The van der Waals surface area contributed by atoms with E-state index in [1.807, 2.05) is 0 Å². The van der Waals surface area contributed by atoms with Crippen LogP contribution in [0.2, 0.25) is 0 Å². The van der Waals surface area contributed by atoms with Crippen LogP contribution in [0.15, 0.2) is 27.8 Å². The van der Waals surface area contributed by atoms with Crippen molar-refractivity contribution in [2.75, 3.05) is 0 Å². The van der Waals surface area contributed by atoms with Gasteiger partial charge in [-0.2, -0.15) is 0 Å². The van der Waals surface area contributed by atoms with Gasteiger partial charge in [0.05, 0.1) is 5.03 Å². The number of nitrogens with zero attached hydrogens (tertiary/aromatic N) is 1. The molecule has 0 rings (SSSR count). The highest BCUT2D eigenvalue weighted by atomic mass is 35.5. The van der Waals surface area contributed by atoms with E-state index >= 15 is 0 Å². The van der Waals surface area contributed by atoms with Gasteiger partial charge >= 0.3 is 0 Å². The monoisotopic (exact) mass is 197 g/mol. The van der Waals surface area contributed by atoms with Gasteiger partial charge in [-0.15, -0.1) is 0 Å². The molecule has 56 valence electrons. The Morgan fingerprint density at radius 3 is 2.20 bits per heavy atom. The van der Waals surface area contributed by atoms with Crippen LogP contribution in [0.5, 0.6) is 0 Å². The molecular weight excluding hydrogens is 192 g/mol. The molecule has 0 unspecified atom stereocenters. The molecule has 0 bridgehead atoms. The summed E-state index contributed by atoms with van der Waals surface area (Å²) < 4.78 is 0. The zero-order chi connectivity index (χ0) is 8.15. The largest absolute Gasteiger partial charge is 0.223 e. The summed E-state index contributed by atoms with van der Waals surface area (Å²) in [5.41, 5.74) is 0. The first kappa shape index (κ1) is 10.0. The van der Waals surface area contributed by atoms with Gasteiger partial charge < -0.3 is 0 Å². The van der Waals surface area contributed by atoms with Crippen LogP contribution in [0, 0.1) is 0 Å². The van der Waals surface area contributed by atoms with Crippen LogP contribution in [0.3, 0.4) is 0 Å². The molecule has 0 amide bonds. The van der Waals surface area contributed by atoms with E-state index in [1.165, 1.54) is 0 Å². The third kappa shape index (κ3) is 3.94. The molecule has 4 heteroatoms. The van der Waals surface area contributed by atoms with E-state index in [1.54, 1.807) is 13.0 Å². The van der Waals surface area contributed by atoms with Gasteiger partial charge in [0.2, 0.25) is 0 Å². The molecule has 0 saturated heterocycles. The van der Waals surface area contributed by atoms with E-state index in [9.17, 15) is 0 Å². The van der Waals surface area contributed by atoms with E-state index < -0.39 is 0 Å². The number of hydrogen-bond acceptors (Lipinski definition) is 1. The molecule has 1 nitrogen and oxygen atoms in total. The Morgan fingerprint density at radius 2 is 1.90 bits per heavy atom. The Morgan fingerprint density at radius 1 is 1.40 bits per heavy atom. The fourth-order valence-electron chi connectivity index (χ4n) is 0.279. The molecule has 0 aromatic carbocycles. The first-order valence-electron chi connectivity index (χ1n) is 2.48. The summed E-state index contributed by atoms with van der Waals surface area (Å²) in [7, 11) is 0. The van der Waals surface area contributed by atoms with E-state index in [-0.39, 0.29) is 10.3 Å². The molecule has 10 heavy (non-hydrogen) atoms. The van der Waals surface area contributed by atoms with E-state index in [4.69, 9.17) is 34.8 Å². The minimum atomic E-state index is 0.116. The first-order valence-corrected chi connectivity index (χ1v) is 3.62. The van der Waals surface area contributed by atoms with Crippen LogP contribution in [0.4, 0.5) is 0 Å². The zero-order valence-corrected chi connectivity index (χ0v) is 7.63. The van der Waals surface area contributed by atoms with Gasteiger partial charge in [-0.05, 0) is 6.92 Å². The summed E-state index contributed by atoms with van der Waals surface area (Å²) in [6, 6.07) is 0. The Bertz CT molecular complexity index is 193. The topological polar surface area (TPSA) is 12.4 Å².